The Kier molecular flexibility index (Phi) is 2.79. The molecule has 3 atom stereocenters. The van der Waals surface area contributed by atoms with Crippen molar-refractivity contribution < 1.29 is 19.4 Å². The third kappa shape index (κ3) is 2.23. The maximum Gasteiger partial charge on any atom is 0.411 e. The van der Waals surface area contributed by atoms with Crippen molar-refractivity contribution in [1.29, 1.82) is 0 Å². The first kappa shape index (κ1) is 12.2. The highest BCUT2D eigenvalue weighted by atomic mass is 16.6. The van der Waals surface area contributed by atoms with Gasteiger partial charge in [-0.05, 0) is 46.0 Å². The lowest BCUT2D eigenvalue weighted by Gasteiger charge is -2.34. The van der Waals surface area contributed by atoms with E-state index >= 15 is 0 Å². The summed E-state index contributed by atoms with van der Waals surface area (Å²) in [4.78, 5) is 24.7. The Morgan fingerprint density at radius 1 is 1.29 bits per heavy atom. The van der Waals surface area contributed by atoms with Crippen molar-refractivity contribution in [3.63, 3.8) is 0 Å². The van der Waals surface area contributed by atoms with E-state index in [2.05, 4.69) is 0 Å². The summed E-state index contributed by atoms with van der Waals surface area (Å²) >= 11 is 0. The first-order chi connectivity index (χ1) is 7.79. The van der Waals surface area contributed by atoms with Crippen LogP contribution in [0.4, 0.5) is 4.79 Å². The lowest BCUT2D eigenvalue weighted by molar-refractivity contribution is -0.144. The van der Waals surface area contributed by atoms with Gasteiger partial charge in [-0.3, -0.25) is 4.90 Å². The number of aliphatic carboxylic acids is 1. The number of nitrogens with zero attached hydrogens (tertiary/aromatic N) is 1. The zero-order valence-corrected chi connectivity index (χ0v) is 10.5. The molecule has 1 aliphatic carbocycles. The average molecular weight is 241 g/mol. The van der Waals surface area contributed by atoms with Crippen LogP contribution in [0, 0.1) is 5.92 Å². The van der Waals surface area contributed by atoms with Gasteiger partial charge in [0, 0.05) is 6.04 Å². The molecule has 0 aromatic heterocycles. The number of piperidine rings is 1. The molecule has 2 unspecified atom stereocenters. The molecule has 1 saturated carbocycles. The molecule has 5 nitrogen and oxygen atoms in total. The smallest absolute Gasteiger partial charge is 0.411 e. The summed E-state index contributed by atoms with van der Waals surface area (Å²) in [6, 6.07) is -0.639. The molecule has 2 aliphatic rings. The van der Waals surface area contributed by atoms with Crippen LogP contribution in [0.5, 0.6) is 0 Å². The third-order valence-electron chi connectivity index (χ3n) is 3.44. The SMILES string of the molecule is CC(C)(C)OC(=O)N1C2CCC(C2)[C@@H]1C(=O)O. The van der Waals surface area contributed by atoms with Gasteiger partial charge in [0.1, 0.15) is 11.6 Å². The molecule has 0 aromatic carbocycles. The van der Waals surface area contributed by atoms with E-state index in [1.807, 2.05) is 0 Å². The van der Waals surface area contributed by atoms with E-state index in [1.54, 1.807) is 20.8 Å². The van der Waals surface area contributed by atoms with Crippen molar-refractivity contribution in [2.24, 2.45) is 5.92 Å². The predicted molar refractivity (Wildman–Crippen MR) is 60.6 cm³/mol. The quantitative estimate of drug-likeness (QED) is 0.761. The Morgan fingerprint density at radius 2 is 1.94 bits per heavy atom. The molecule has 1 heterocycles. The van der Waals surface area contributed by atoms with Crippen molar-refractivity contribution in [3.8, 4) is 0 Å². The van der Waals surface area contributed by atoms with Crippen LogP contribution < -0.4 is 0 Å². The molecule has 96 valence electrons. The molecule has 17 heavy (non-hydrogen) atoms. The molecular formula is C12H19NO4. The number of carbonyl (C=O) groups excluding carboxylic acids is 1. The molecule has 5 heteroatoms. The summed E-state index contributed by atoms with van der Waals surface area (Å²) in [5.41, 5.74) is -0.581. The molecule has 1 amide bonds. The fourth-order valence-electron chi connectivity index (χ4n) is 2.88. The van der Waals surface area contributed by atoms with Crippen molar-refractivity contribution in [2.75, 3.05) is 0 Å². The first-order valence-electron chi connectivity index (χ1n) is 6.04. The zero-order chi connectivity index (χ0) is 12.8. The fraction of sp³-hybridized carbons (Fsp3) is 0.833. The summed E-state index contributed by atoms with van der Waals surface area (Å²) < 4.78 is 5.28. The highest BCUT2D eigenvalue weighted by molar-refractivity contribution is 5.82. The fourth-order valence-corrected chi connectivity index (χ4v) is 2.88. The van der Waals surface area contributed by atoms with Crippen LogP contribution in [-0.4, -0.2) is 39.8 Å². The second kappa shape index (κ2) is 3.89. The maximum atomic E-state index is 12.0. The molecule has 0 spiro atoms. The van der Waals surface area contributed by atoms with Gasteiger partial charge in [0.2, 0.25) is 0 Å². The maximum absolute atomic E-state index is 12.0. The molecule has 1 N–H and O–H groups in total. The van der Waals surface area contributed by atoms with Crippen LogP contribution in [0.1, 0.15) is 40.0 Å². The monoisotopic (exact) mass is 241 g/mol. The van der Waals surface area contributed by atoms with Gasteiger partial charge < -0.3 is 9.84 Å². The van der Waals surface area contributed by atoms with E-state index in [9.17, 15) is 14.7 Å². The van der Waals surface area contributed by atoms with Crippen molar-refractivity contribution in [3.05, 3.63) is 0 Å². The van der Waals surface area contributed by atoms with Crippen LogP contribution in [0.15, 0.2) is 0 Å². The molecule has 1 aliphatic heterocycles. The lowest BCUT2D eigenvalue weighted by Crippen LogP contribution is -2.50. The molecule has 1 saturated heterocycles. The van der Waals surface area contributed by atoms with Gasteiger partial charge in [0.05, 0.1) is 0 Å². The van der Waals surface area contributed by atoms with E-state index in [-0.39, 0.29) is 12.0 Å². The predicted octanol–water partition coefficient (Wildman–Crippen LogP) is 1.86. The summed E-state index contributed by atoms with van der Waals surface area (Å²) in [6.07, 6.45) is 2.11. The highest BCUT2D eigenvalue weighted by Gasteiger charge is 2.52. The molecule has 2 rings (SSSR count). The van der Waals surface area contributed by atoms with Gasteiger partial charge in [-0.2, -0.15) is 0 Å². The van der Waals surface area contributed by atoms with Gasteiger partial charge >= 0.3 is 12.1 Å². The number of hydrogen-bond donors (Lipinski definition) is 1. The van der Waals surface area contributed by atoms with Gasteiger partial charge in [-0.15, -0.1) is 0 Å². The summed E-state index contributed by atoms with van der Waals surface area (Å²) in [5.74, 6) is -0.812. The second-order valence-corrected chi connectivity index (χ2v) is 5.90. The Labute approximate surface area is 101 Å². The van der Waals surface area contributed by atoms with E-state index in [0.29, 0.717) is 0 Å². The van der Waals surface area contributed by atoms with Gasteiger partial charge in [0.25, 0.3) is 0 Å². The van der Waals surface area contributed by atoms with E-state index in [4.69, 9.17) is 4.74 Å². The summed E-state index contributed by atoms with van der Waals surface area (Å²) in [5, 5.41) is 9.20. The number of carbonyl (C=O) groups is 2. The second-order valence-electron chi connectivity index (χ2n) is 5.90. The number of hydrogen-bond acceptors (Lipinski definition) is 3. The van der Waals surface area contributed by atoms with E-state index in [0.717, 1.165) is 19.3 Å². The van der Waals surface area contributed by atoms with Crippen LogP contribution in [0.3, 0.4) is 0 Å². The first-order valence-corrected chi connectivity index (χ1v) is 6.04. The molecule has 2 bridgehead atoms. The standard InChI is InChI=1S/C12H19NO4/c1-12(2,3)17-11(16)13-8-5-4-7(6-8)9(13)10(14)15/h7-9H,4-6H2,1-3H3,(H,14,15)/t7?,8?,9-/m1/s1. The van der Waals surface area contributed by atoms with E-state index in [1.165, 1.54) is 4.90 Å². The van der Waals surface area contributed by atoms with Crippen LogP contribution in [-0.2, 0) is 9.53 Å². The number of ether oxygens (including phenoxy) is 1. The van der Waals surface area contributed by atoms with Gasteiger partial charge in [-0.25, -0.2) is 9.59 Å². The third-order valence-corrected chi connectivity index (χ3v) is 3.44. The number of carboxylic acid groups (broad SMARTS) is 1. The minimum Gasteiger partial charge on any atom is -0.480 e. The number of carboxylic acids is 1. The minimum atomic E-state index is -0.914. The zero-order valence-electron chi connectivity index (χ0n) is 10.5. The minimum absolute atomic E-state index is 0.0518. The lowest BCUT2D eigenvalue weighted by atomic mass is 9.99. The average Bonchev–Trinajstić information content (AvgIpc) is 2.72. The Hall–Kier alpha value is -1.26. The van der Waals surface area contributed by atoms with Gasteiger partial charge in [0.15, 0.2) is 0 Å². The normalized spacial score (nSPS) is 31.7. The Bertz CT molecular complexity index is 347. The van der Waals surface area contributed by atoms with Crippen molar-refractivity contribution in [1.82, 2.24) is 4.90 Å². The topological polar surface area (TPSA) is 66.8 Å². The molecule has 0 aromatic rings. The molecule has 0 radical (unpaired) electrons. The number of likely N-dealkylation sites (tertiary alicyclic amines) is 1. The van der Waals surface area contributed by atoms with Gasteiger partial charge in [-0.1, -0.05) is 0 Å². The number of amides is 1. The summed E-state index contributed by atoms with van der Waals surface area (Å²) in [6.45, 7) is 5.36. The number of fused-ring (bicyclic) bond motifs is 2. The van der Waals surface area contributed by atoms with Crippen molar-refractivity contribution in [2.45, 2.75) is 57.7 Å². The van der Waals surface area contributed by atoms with Crippen LogP contribution >= 0.6 is 0 Å². The Morgan fingerprint density at radius 3 is 2.47 bits per heavy atom. The Balaban J connectivity index is 2.14. The van der Waals surface area contributed by atoms with Crippen LogP contribution in [0.25, 0.3) is 0 Å². The number of rotatable bonds is 1. The molecular weight excluding hydrogens is 222 g/mol. The summed E-state index contributed by atoms with van der Waals surface area (Å²) in [7, 11) is 0. The van der Waals surface area contributed by atoms with Crippen LogP contribution in [0.2, 0.25) is 0 Å². The van der Waals surface area contributed by atoms with E-state index < -0.39 is 23.7 Å². The highest BCUT2D eigenvalue weighted by Crippen LogP contribution is 2.43. The molecule has 2 fully saturated rings. The van der Waals surface area contributed by atoms with Crippen molar-refractivity contribution >= 4 is 12.1 Å². The largest absolute Gasteiger partial charge is 0.480 e.